The quantitative estimate of drug-likeness (QED) is 0.718. The average Bonchev–Trinajstić information content (AvgIpc) is 3.42. The Morgan fingerprint density at radius 1 is 1.15 bits per heavy atom. The highest BCUT2D eigenvalue weighted by atomic mass is 32.1. The molecular formula is C22H28N2O2S. The lowest BCUT2D eigenvalue weighted by Crippen LogP contribution is -2.35. The Labute approximate surface area is 165 Å². The van der Waals surface area contributed by atoms with Gasteiger partial charge in [-0.15, -0.1) is 11.3 Å². The number of benzene rings is 1. The molecular weight excluding hydrogens is 356 g/mol. The van der Waals surface area contributed by atoms with Gasteiger partial charge in [0.05, 0.1) is 4.88 Å². The van der Waals surface area contributed by atoms with Crippen LogP contribution in [0.4, 0.5) is 0 Å². The van der Waals surface area contributed by atoms with Gasteiger partial charge >= 0.3 is 0 Å². The van der Waals surface area contributed by atoms with E-state index >= 15 is 0 Å². The van der Waals surface area contributed by atoms with Crippen LogP contribution in [0.5, 0.6) is 0 Å². The minimum atomic E-state index is 0.0157. The van der Waals surface area contributed by atoms with Crippen LogP contribution in [0.1, 0.15) is 57.4 Å². The number of fused-ring (bicyclic) bond motifs is 1. The van der Waals surface area contributed by atoms with E-state index in [2.05, 4.69) is 40.5 Å². The first-order valence-corrected chi connectivity index (χ1v) is 10.9. The minimum Gasteiger partial charge on any atom is -0.396 e. The first-order chi connectivity index (χ1) is 13.3. The maximum atomic E-state index is 12.3. The second-order valence-corrected chi connectivity index (χ2v) is 8.73. The van der Waals surface area contributed by atoms with Gasteiger partial charge in [-0.25, -0.2) is 0 Å². The molecule has 2 N–H and O–H groups in total. The largest absolute Gasteiger partial charge is 0.396 e. The Kier molecular flexibility index (Phi) is 5.91. The van der Waals surface area contributed by atoms with Crippen LogP contribution in [0, 0.1) is 0 Å². The second-order valence-electron chi connectivity index (χ2n) is 7.62. The third-order valence-corrected chi connectivity index (χ3v) is 7.03. The van der Waals surface area contributed by atoms with Gasteiger partial charge in [0.1, 0.15) is 0 Å². The van der Waals surface area contributed by atoms with Gasteiger partial charge in [-0.05, 0) is 68.3 Å². The summed E-state index contributed by atoms with van der Waals surface area (Å²) in [5.74, 6) is 0.0157. The van der Waals surface area contributed by atoms with Crippen molar-refractivity contribution in [2.24, 2.45) is 0 Å². The van der Waals surface area contributed by atoms with E-state index in [1.807, 2.05) is 6.07 Å². The lowest BCUT2D eigenvalue weighted by atomic mass is 10.1. The number of thiophene rings is 1. The zero-order valence-corrected chi connectivity index (χ0v) is 16.5. The minimum absolute atomic E-state index is 0.0157. The predicted molar refractivity (Wildman–Crippen MR) is 109 cm³/mol. The summed E-state index contributed by atoms with van der Waals surface area (Å²) in [6.07, 6.45) is 6.27. The highest BCUT2D eigenvalue weighted by Crippen LogP contribution is 2.40. The standard InChI is InChI=1S/C22H28N2O2S/c25-13-4-3-11-23-22(26)21-10-9-20(27-21)19-8-5-12-24(19)18-14-16-6-1-2-7-17(16)15-18/h1-2,6-7,9-10,18-19,25H,3-5,8,11-15H2,(H,23,26). The smallest absolute Gasteiger partial charge is 0.261 e. The monoisotopic (exact) mass is 384 g/mol. The molecule has 1 aliphatic heterocycles. The number of carbonyl (C=O) groups excluding carboxylic acids is 1. The topological polar surface area (TPSA) is 52.6 Å². The van der Waals surface area contributed by atoms with Gasteiger partial charge in [0, 0.05) is 30.1 Å². The van der Waals surface area contributed by atoms with E-state index < -0.39 is 0 Å². The third-order valence-electron chi connectivity index (χ3n) is 5.84. The van der Waals surface area contributed by atoms with E-state index in [0.29, 0.717) is 18.6 Å². The van der Waals surface area contributed by atoms with Crippen molar-refractivity contribution < 1.29 is 9.90 Å². The van der Waals surface area contributed by atoms with Crippen molar-refractivity contribution in [2.75, 3.05) is 19.7 Å². The normalized spacial score (nSPS) is 20.1. The molecule has 27 heavy (non-hydrogen) atoms. The summed E-state index contributed by atoms with van der Waals surface area (Å²) in [6.45, 7) is 1.97. The summed E-state index contributed by atoms with van der Waals surface area (Å²) in [6, 6.07) is 14.0. The molecule has 1 saturated heterocycles. The zero-order valence-electron chi connectivity index (χ0n) is 15.7. The van der Waals surface area contributed by atoms with E-state index in [1.165, 1.54) is 28.8 Å². The lowest BCUT2D eigenvalue weighted by Gasteiger charge is -2.29. The Morgan fingerprint density at radius 3 is 2.67 bits per heavy atom. The number of hydrogen-bond donors (Lipinski definition) is 2. The molecule has 1 aromatic carbocycles. The number of aliphatic hydroxyl groups is 1. The van der Waals surface area contributed by atoms with Crippen molar-refractivity contribution in [1.82, 2.24) is 10.2 Å². The molecule has 1 fully saturated rings. The summed E-state index contributed by atoms with van der Waals surface area (Å²) in [5.41, 5.74) is 3.00. The average molecular weight is 385 g/mol. The third kappa shape index (κ3) is 4.10. The Bertz CT molecular complexity index is 763. The van der Waals surface area contributed by atoms with E-state index in [0.717, 1.165) is 37.1 Å². The number of rotatable bonds is 7. The number of amides is 1. The highest BCUT2D eigenvalue weighted by Gasteiger charge is 2.35. The van der Waals surface area contributed by atoms with Gasteiger partial charge in [-0.1, -0.05) is 24.3 Å². The molecule has 1 amide bonds. The number of aliphatic hydroxyl groups excluding tert-OH is 1. The molecule has 144 valence electrons. The predicted octanol–water partition coefficient (Wildman–Crippen LogP) is 3.55. The van der Waals surface area contributed by atoms with Crippen molar-refractivity contribution in [3.05, 3.63) is 57.3 Å². The Morgan fingerprint density at radius 2 is 1.93 bits per heavy atom. The van der Waals surface area contributed by atoms with Gasteiger partial charge in [-0.3, -0.25) is 9.69 Å². The molecule has 4 rings (SSSR count). The van der Waals surface area contributed by atoms with E-state index in [4.69, 9.17) is 5.11 Å². The summed E-state index contributed by atoms with van der Waals surface area (Å²) < 4.78 is 0. The maximum absolute atomic E-state index is 12.3. The molecule has 2 aromatic rings. The fourth-order valence-electron chi connectivity index (χ4n) is 4.48. The molecule has 2 aliphatic rings. The van der Waals surface area contributed by atoms with E-state index in [9.17, 15) is 4.79 Å². The summed E-state index contributed by atoms with van der Waals surface area (Å²) in [5, 5.41) is 11.8. The van der Waals surface area contributed by atoms with Crippen LogP contribution < -0.4 is 5.32 Å². The van der Waals surface area contributed by atoms with Crippen LogP contribution in [-0.2, 0) is 12.8 Å². The van der Waals surface area contributed by atoms with Gasteiger partial charge in [0.2, 0.25) is 0 Å². The van der Waals surface area contributed by atoms with Crippen LogP contribution in [0.2, 0.25) is 0 Å². The van der Waals surface area contributed by atoms with Crippen molar-refractivity contribution in [3.8, 4) is 0 Å². The molecule has 1 aliphatic carbocycles. The van der Waals surface area contributed by atoms with Crippen molar-refractivity contribution in [3.63, 3.8) is 0 Å². The lowest BCUT2D eigenvalue weighted by molar-refractivity contribution is 0.0956. The first-order valence-electron chi connectivity index (χ1n) is 10.1. The molecule has 0 saturated carbocycles. The van der Waals surface area contributed by atoms with Crippen molar-refractivity contribution >= 4 is 17.2 Å². The first kappa shape index (κ1) is 18.7. The second kappa shape index (κ2) is 8.55. The fourth-order valence-corrected chi connectivity index (χ4v) is 5.56. The molecule has 4 nitrogen and oxygen atoms in total. The number of unbranched alkanes of at least 4 members (excludes halogenated alkanes) is 1. The van der Waals surface area contributed by atoms with E-state index in [1.54, 1.807) is 11.3 Å². The fraction of sp³-hybridized carbons (Fsp3) is 0.500. The Balaban J connectivity index is 1.40. The molecule has 1 atom stereocenters. The maximum Gasteiger partial charge on any atom is 0.261 e. The number of hydrogen-bond acceptors (Lipinski definition) is 4. The van der Waals surface area contributed by atoms with Crippen LogP contribution in [0.25, 0.3) is 0 Å². The molecule has 0 spiro atoms. The molecule has 1 unspecified atom stereocenters. The number of likely N-dealkylation sites (tertiary alicyclic amines) is 1. The SMILES string of the molecule is O=C(NCCCCO)c1ccc(C2CCCN2C2Cc3ccccc3C2)s1. The van der Waals surface area contributed by atoms with E-state index in [-0.39, 0.29) is 12.5 Å². The number of nitrogens with zero attached hydrogens (tertiary/aromatic N) is 1. The molecule has 2 heterocycles. The molecule has 0 bridgehead atoms. The number of carbonyl (C=O) groups is 1. The van der Waals surface area contributed by atoms with Crippen LogP contribution in [0.15, 0.2) is 36.4 Å². The van der Waals surface area contributed by atoms with Gasteiger partial charge < -0.3 is 10.4 Å². The zero-order chi connectivity index (χ0) is 18.6. The highest BCUT2D eigenvalue weighted by molar-refractivity contribution is 7.14. The molecule has 1 aromatic heterocycles. The summed E-state index contributed by atoms with van der Waals surface area (Å²) >= 11 is 1.65. The summed E-state index contributed by atoms with van der Waals surface area (Å²) in [4.78, 5) is 17.1. The van der Waals surface area contributed by atoms with Gasteiger partial charge in [-0.2, -0.15) is 0 Å². The molecule has 5 heteroatoms. The number of nitrogens with one attached hydrogen (secondary N) is 1. The molecule has 0 radical (unpaired) electrons. The van der Waals surface area contributed by atoms with Gasteiger partial charge in [0.15, 0.2) is 0 Å². The van der Waals surface area contributed by atoms with Gasteiger partial charge in [0.25, 0.3) is 5.91 Å². The summed E-state index contributed by atoms with van der Waals surface area (Å²) in [7, 11) is 0. The van der Waals surface area contributed by atoms with Crippen LogP contribution in [-0.4, -0.2) is 41.7 Å². The Hall–Kier alpha value is -1.69. The van der Waals surface area contributed by atoms with Crippen LogP contribution >= 0.6 is 11.3 Å². The van der Waals surface area contributed by atoms with Crippen molar-refractivity contribution in [1.29, 1.82) is 0 Å². The van der Waals surface area contributed by atoms with Crippen LogP contribution in [0.3, 0.4) is 0 Å². The van der Waals surface area contributed by atoms with Crippen molar-refractivity contribution in [2.45, 2.75) is 50.6 Å².